The van der Waals surface area contributed by atoms with E-state index in [9.17, 15) is 18.1 Å². The highest BCUT2D eigenvalue weighted by Crippen LogP contribution is 2.42. The highest BCUT2D eigenvalue weighted by Gasteiger charge is 2.47. The van der Waals surface area contributed by atoms with Crippen molar-refractivity contribution in [1.82, 2.24) is 14.8 Å². The van der Waals surface area contributed by atoms with E-state index in [4.69, 9.17) is 34.0 Å². The first kappa shape index (κ1) is 36.8. The summed E-state index contributed by atoms with van der Waals surface area (Å²) < 4.78 is 82.4. The predicted molar refractivity (Wildman–Crippen MR) is 164 cm³/mol. The second kappa shape index (κ2) is 16.9. The molecular weight excluding hydrogens is 680 g/mol. The molecule has 0 radical (unpaired) electrons. The SMILES string of the molecule is C[C@@H](S[C@H]1CO[C@H](/C=C/C=C/c2ccc(C#N)cc2F)OC1)[C@@](Cn1cncn1)(OC(=O)OCCOP(=O)(O)O)c1ccc(F)cc1F. The molecule has 0 spiro atoms. The summed E-state index contributed by atoms with van der Waals surface area (Å²) in [4.78, 5) is 34.5. The van der Waals surface area contributed by atoms with Crippen molar-refractivity contribution in [2.45, 2.75) is 35.9 Å². The summed E-state index contributed by atoms with van der Waals surface area (Å²) in [5.41, 5.74) is -1.59. The van der Waals surface area contributed by atoms with E-state index >= 15 is 4.39 Å². The molecule has 18 heteroatoms. The van der Waals surface area contributed by atoms with E-state index in [2.05, 4.69) is 14.6 Å². The second-order valence-corrected chi connectivity index (χ2v) is 13.0. The van der Waals surface area contributed by atoms with Crippen molar-refractivity contribution in [1.29, 1.82) is 5.26 Å². The molecule has 0 saturated carbocycles. The van der Waals surface area contributed by atoms with Crippen molar-refractivity contribution >= 4 is 31.8 Å². The van der Waals surface area contributed by atoms with Gasteiger partial charge in [0.1, 0.15) is 36.7 Å². The van der Waals surface area contributed by atoms with Crippen LogP contribution in [-0.2, 0) is 40.2 Å². The predicted octanol–water partition coefficient (Wildman–Crippen LogP) is 4.86. The first-order chi connectivity index (χ1) is 22.9. The quantitative estimate of drug-likeness (QED) is 0.101. The molecule has 48 heavy (non-hydrogen) atoms. The summed E-state index contributed by atoms with van der Waals surface area (Å²) in [6.45, 7) is 0.422. The number of hydrogen-bond acceptors (Lipinski definition) is 11. The fraction of sp³-hybridized carbons (Fsp3) is 0.333. The standard InChI is InChI=1S/C30H30F3N4O9PS/c1-20(48-24-15-43-28(44-16-24)5-3-2-4-22-7-6-21(14-34)12-26(22)32)30(17-37-19-35-18-36-37,25-9-8-23(31)13-27(25)33)46-29(38)42-10-11-45-47(39,40)41/h2-9,12-13,18-20,24,28H,10-11,15-17H2,1H3,(H2,39,40,41)/b4-2+,5-3+/t20-,24-,28-,30-/m1/s1. The number of halogens is 3. The Bertz CT molecular complexity index is 1690. The zero-order valence-corrected chi connectivity index (χ0v) is 26.9. The molecule has 2 N–H and O–H groups in total. The van der Waals surface area contributed by atoms with E-state index in [1.807, 2.05) is 6.07 Å². The Labute approximate surface area is 277 Å². The van der Waals surface area contributed by atoms with Crippen LogP contribution in [0, 0.1) is 28.8 Å². The number of carbonyl (C=O) groups is 1. The van der Waals surface area contributed by atoms with Gasteiger partial charge in [0.15, 0.2) is 11.9 Å². The molecule has 2 aromatic carbocycles. The summed E-state index contributed by atoms with van der Waals surface area (Å²) in [5.74, 6) is -2.42. The van der Waals surface area contributed by atoms with Gasteiger partial charge in [-0.15, -0.1) is 11.8 Å². The van der Waals surface area contributed by atoms with Crippen LogP contribution < -0.4 is 0 Å². The minimum Gasteiger partial charge on any atom is -0.432 e. The van der Waals surface area contributed by atoms with Gasteiger partial charge in [0.05, 0.1) is 43.2 Å². The molecule has 1 aliphatic heterocycles. The Morgan fingerprint density at radius 2 is 1.96 bits per heavy atom. The smallest absolute Gasteiger partial charge is 0.432 e. The highest BCUT2D eigenvalue weighted by atomic mass is 32.2. The molecule has 1 saturated heterocycles. The summed E-state index contributed by atoms with van der Waals surface area (Å²) >= 11 is 1.23. The van der Waals surface area contributed by atoms with Gasteiger partial charge in [0.2, 0.25) is 0 Å². The lowest BCUT2D eigenvalue weighted by molar-refractivity contribution is -0.146. The number of hydrogen-bond donors (Lipinski definition) is 2. The topological polar surface area (TPSA) is 175 Å². The number of phosphoric acid groups is 1. The van der Waals surface area contributed by atoms with Gasteiger partial charge in [-0.3, -0.25) is 4.52 Å². The van der Waals surface area contributed by atoms with Gasteiger partial charge in [-0.1, -0.05) is 24.3 Å². The third kappa shape index (κ3) is 10.5. The normalized spacial score (nSPS) is 18.8. The number of nitrogens with zero attached hydrogens (tertiary/aromatic N) is 4. The van der Waals surface area contributed by atoms with E-state index in [1.54, 1.807) is 25.2 Å². The van der Waals surface area contributed by atoms with Crippen molar-refractivity contribution < 1.29 is 55.8 Å². The Hall–Kier alpha value is -4.01. The van der Waals surface area contributed by atoms with Gasteiger partial charge in [0, 0.05) is 22.4 Å². The molecule has 13 nitrogen and oxygen atoms in total. The van der Waals surface area contributed by atoms with Gasteiger partial charge < -0.3 is 28.7 Å². The number of allylic oxidation sites excluding steroid dienone is 2. The van der Waals surface area contributed by atoms with Gasteiger partial charge in [-0.05, 0) is 37.3 Å². The minimum absolute atomic E-state index is 0.160. The third-order valence-electron chi connectivity index (χ3n) is 6.81. The maximum atomic E-state index is 15.4. The molecule has 0 aliphatic carbocycles. The van der Waals surface area contributed by atoms with Crippen molar-refractivity contribution in [2.75, 3.05) is 26.4 Å². The van der Waals surface area contributed by atoms with Crippen molar-refractivity contribution in [3.63, 3.8) is 0 Å². The fourth-order valence-corrected chi connectivity index (χ4v) is 6.26. The Kier molecular flexibility index (Phi) is 13.0. The number of benzene rings is 2. The first-order valence-electron chi connectivity index (χ1n) is 14.2. The highest BCUT2D eigenvalue weighted by molar-refractivity contribution is 8.00. The molecule has 1 aliphatic rings. The molecule has 2 atom stereocenters. The summed E-state index contributed by atoms with van der Waals surface area (Å²) in [5, 5.41) is 11.8. The monoisotopic (exact) mass is 710 g/mol. The molecule has 1 aromatic heterocycles. The Balaban J connectivity index is 1.47. The fourth-order valence-electron chi connectivity index (χ4n) is 4.58. The van der Waals surface area contributed by atoms with Crippen LogP contribution in [0.15, 0.2) is 67.3 Å². The second-order valence-electron chi connectivity index (χ2n) is 10.2. The van der Waals surface area contributed by atoms with Crippen LogP contribution >= 0.6 is 19.6 Å². The molecule has 1 fully saturated rings. The van der Waals surface area contributed by atoms with Crippen molar-refractivity contribution in [3.8, 4) is 6.07 Å². The zero-order valence-electron chi connectivity index (χ0n) is 25.2. The summed E-state index contributed by atoms with van der Waals surface area (Å²) in [7, 11) is -4.82. The average molecular weight is 711 g/mol. The summed E-state index contributed by atoms with van der Waals surface area (Å²) in [6, 6.07) is 8.77. The van der Waals surface area contributed by atoms with Gasteiger partial charge in [0.25, 0.3) is 0 Å². The number of nitriles is 1. The number of aromatic nitrogens is 3. The van der Waals surface area contributed by atoms with Crippen LogP contribution in [0.3, 0.4) is 0 Å². The lowest BCUT2D eigenvalue weighted by Crippen LogP contribution is -2.47. The van der Waals surface area contributed by atoms with Crippen molar-refractivity contribution in [2.24, 2.45) is 0 Å². The average Bonchev–Trinajstić information content (AvgIpc) is 3.55. The first-order valence-corrected chi connectivity index (χ1v) is 16.6. The van der Waals surface area contributed by atoms with Gasteiger partial charge in [-0.25, -0.2) is 32.2 Å². The Morgan fingerprint density at radius 3 is 2.60 bits per heavy atom. The number of rotatable bonds is 14. The number of phosphoric ester groups is 1. The van der Waals surface area contributed by atoms with Gasteiger partial charge >= 0.3 is 14.0 Å². The lowest BCUT2D eigenvalue weighted by atomic mass is 9.89. The lowest BCUT2D eigenvalue weighted by Gasteiger charge is -2.40. The zero-order chi connectivity index (χ0) is 34.7. The molecular formula is C30H30F3N4O9PS. The largest absolute Gasteiger partial charge is 0.509 e. The van der Waals surface area contributed by atoms with E-state index in [0.29, 0.717) is 11.6 Å². The van der Waals surface area contributed by atoms with E-state index in [0.717, 1.165) is 18.2 Å². The molecule has 3 aromatic rings. The van der Waals surface area contributed by atoms with Crippen LogP contribution in [0.1, 0.15) is 23.6 Å². The molecule has 4 rings (SSSR count). The van der Waals surface area contributed by atoms with E-state index < -0.39 is 61.8 Å². The molecule has 0 bridgehead atoms. The van der Waals surface area contributed by atoms with Crippen molar-refractivity contribution in [3.05, 3.63) is 101 Å². The Morgan fingerprint density at radius 1 is 1.19 bits per heavy atom. The maximum Gasteiger partial charge on any atom is 0.509 e. The molecule has 0 amide bonds. The number of ether oxygens (including phenoxy) is 4. The van der Waals surface area contributed by atoms with Crippen LogP contribution in [0.2, 0.25) is 0 Å². The number of thioether (sulfide) groups is 1. The van der Waals surface area contributed by atoms with E-state index in [1.165, 1.54) is 47.3 Å². The number of carbonyl (C=O) groups excluding carboxylic acids is 1. The minimum atomic E-state index is -4.82. The molecule has 2 heterocycles. The van der Waals surface area contributed by atoms with Crippen LogP contribution in [0.25, 0.3) is 6.08 Å². The van der Waals surface area contributed by atoms with Crippen LogP contribution in [-0.4, -0.2) is 73.9 Å². The van der Waals surface area contributed by atoms with Crippen LogP contribution in [0.4, 0.5) is 18.0 Å². The molecule has 0 unspecified atom stereocenters. The molecule has 256 valence electrons. The van der Waals surface area contributed by atoms with Crippen LogP contribution in [0.5, 0.6) is 0 Å². The maximum absolute atomic E-state index is 15.4. The third-order valence-corrected chi connectivity index (χ3v) is 8.77. The van der Waals surface area contributed by atoms with Gasteiger partial charge in [-0.2, -0.15) is 10.4 Å². The van der Waals surface area contributed by atoms with E-state index in [-0.39, 0.29) is 36.1 Å². The summed E-state index contributed by atoms with van der Waals surface area (Å²) in [6.07, 6.45) is 6.81.